The monoisotopic (exact) mass is 623 g/mol. The molecule has 10 heteroatoms. The number of ether oxygens (including phenoxy) is 2. The maximum Gasteiger partial charge on any atom is 0.332 e. The summed E-state index contributed by atoms with van der Waals surface area (Å²) in [7, 11) is 0. The molecule has 0 aliphatic heterocycles. The number of rotatable bonds is 12. The van der Waals surface area contributed by atoms with Crippen molar-refractivity contribution >= 4 is 33.3 Å². The third kappa shape index (κ3) is 8.04. The summed E-state index contributed by atoms with van der Waals surface area (Å²) in [6.07, 6.45) is 6.22. The first-order chi connectivity index (χ1) is 19.5. The van der Waals surface area contributed by atoms with Gasteiger partial charge in [-0.15, -0.1) is 5.10 Å². The summed E-state index contributed by atoms with van der Waals surface area (Å²) in [6, 6.07) is 12.7. The van der Waals surface area contributed by atoms with Crippen LogP contribution in [0.5, 0.6) is 0 Å². The molecule has 41 heavy (non-hydrogen) atoms. The van der Waals surface area contributed by atoms with Crippen molar-refractivity contribution in [2.45, 2.75) is 66.4 Å². The summed E-state index contributed by atoms with van der Waals surface area (Å²) in [4.78, 5) is 14.2. The number of aryl methyl sites for hydroxylation is 3. The fourth-order valence-corrected chi connectivity index (χ4v) is 5.25. The third-order valence-corrected chi connectivity index (χ3v) is 7.18. The van der Waals surface area contributed by atoms with Crippen molar-refractivity contribution in [1.82, 2.24) is 20.2 Å². The molecule has 4 aromatic rings. The van der Waals surface area contributed by atoms with Gasteiger partial charge in [-0.1, -0.05) is 22.5 Å². The van der Waals surface area contributed by atoms with Crippen LogP contribution in [0.4, 0.5) is 11.4 Å². The Morgan fingerprint density at radius 3 is 2.54 bits per heavy atom. The highest BCUT2D eigenvalue weighted by atomic mass is 79.9. The van der Waals surface area contributed by atoms with Crippen molar-refractivity contribution in [1.29, 1.82) is 0 Å². The second-order valence-electron chi connectivity index (χ2n) is 11.0. The number of esters is 1. The zero-order valence-corrected chi connectivity index (χ0v) is 26.2. The summed E-state index contributed by atoms with van der Waals surface area (Å²) in [5, 5.41) is 12.2. The summed E-state index contributed by atoms with van der Waals surface area (Å²) < 4.78 is 19.0. The molecule has 2 heterocycles. The van der Waals surface area contributed by atoms with Crippen LogP contribution in [0.1, 0.15) is 57.1 Å². The molecule has 218 valence electrons. The Balaban J connectivity index is 1.51. The molecular formula is C31H38BrN5O4. The Kier molecular flexibility index (Phi) is 9.99. The number of nitrogens with zero attached hydrogens (tertiary/aromatic N) is 5. The molecular weight excluding hydrogens is 586 g/mol. The maximum absolute atomic E-state index is 11.9. The zero-order valence-electron chi connectivity index (χ0n) is 24.6. The van der Waals surface area contributed by atoms with Crippen molar-refractivity contribution in [2.75, 3.05) is 24.7 Å². The van der Waals surface area contributed by atoms with Gasteiger partial charge in [0.2, 0.25) is 0 Å². The first kappa shape index (κ1) is 30.5. The molecule has 0 aliphatic carbocycles. The van der Waals surface area contributed by atoms with E-state index in [1.807, 2.05) is 46.9 Å². The van der Waals surface area contributed by atoms with Crippen molar-refractivity contribution in [3.8, 4) is 16.8 Å². The number of unbranched alkanes of at least 4 members (excludes halogenated alkanes) is 2. The van der Waals surface area contributed by atoms with Crippen molar-refractivity contribution in [3.05, 3.63) is 70.3 Å². The van der Waals surface area contributed by atoms with Gasteiger partial charge in [-0.2, -0.15) is 0 Å². The number of carbonyl (C=O) groups is 1. The molecule has 0 atom stereocenters. The topological polar surface area (TPSA) is 95.5 Å². The number of hydrogen-bond acceptors (Lipinski definition) is 8. The molecule has 0 unspecified atom stereocenters. The Hall–Kier alpha value is -3.50. The van der Waals surface area contributed by atoms with Crippen LogP contribution in [0.2, 0.25) is 0 Å². The minimum Gasteiger partial charge on any atom is -0.458 e. The van der Waals surface area contributed by atoms with Gasteiger partial charge in [0.1, 0.15) is 18.0 Å². The van der Waals surface area contributed by atoms with Crippen LogP contribution in [0.15, 0.2) is 57.8 Å². The van der Waals surface area contributed by atoms with Crippen molar-refractivity contribution < 1.29 is 18.8 Å². The Bertz CT molecular complexity index is 1440. The van der Waals surface area contributed by atoms with E-state index in [0.29, 0.717) is 6.61 Å². The molecule has 0 saturated heterocycles. The fourth-order valence-electron chi connectivity index (χ4n) is 4.70. The maximum atomic E-state index is 11.9. The van der Waals surface area contributed by atoms with Gasteiger partial charge in [0.15, 0.2) is 0 Å². The summed E-state index contributed by atoms with van der Waals surface area (Å²) in [6.45, 7) is 12.9. The van der Waals surface area contributed by atoms with E-state index in [9.17, 15) is 4.79 Å². The van der Waals surface area contributed by atoms with E-state index in [0.717, 1.165) is 75.5 Å². The fraction of sp³-hybridized carbons (Fsp3) is 0.419. The van der Waals surface area contributed by atoms with Crippen LogP contribution < -0.4 is 4.90 Å². The van der Waals surface area contributed by atoms with Crippen molar-refractivity contribution in [3.63, 3.8) is 0 Å². The molecule has 0 radical (unpaired) electrons. The number of halogens is 1. The van der Waals surface area contributed by atoms with E-state index in [1.54, 1.807) is 10.9 Å². The SMILES string of the molecule is Cc1ccc(-c2c(C)noc2C)cc1N(CCCCCOCC(=O)OC(C)(C)C)c1ccc(-n2ccnn2)c(Br)c1. The molecule has 0 N–H and O–H groups in total. The summed E-state index contributed by atoms with van der Waals surface area (Å²) >= 11 is 3.74. The highest BCUT2D eigenvalue weighted by Gasteiger charge is 2.19. The van der Waals surface area contributed by atoms with Gasteiger partial charge in [-0.25, -0.2) is 9.48 Å². The zero-order chi connectivity index (χ0) is 29.6. The van der Waals surface area contributed by atoms with Crippen LogP contribution in [-0.2, 0) is 14.3 Å². The molecule has 0 spiro atoms. The predicted molar refractivity (Wildman–Crippen MR) is 163 cm³/mol. The summed E-state index contributed by atoms with van der Waals surface area (Å²) in [5.74, 6) is 0.465. The molecule has 2 aromatic heterocycles. The average molecular weight is 625 g/mol. The van der Waals surface area contributed by atoms with E-state index in [1.165, 1.54) is 0 Å². The number of carbonyl (C=O) groups excluding carboxylic acids is 1. The molecule has 4 rings (SSSR count). The van der Waals surface area contributed by atoms with Gasteiger partial charge in [0.25, 0.3) is 0 Å². The predicted octanol–water partition coefficient (Wildman–Crippen LogP) is 7.28. The number of aromatic nitrogens is 4. The van der Waals surface area contributed by atoms with Crippen LogP contribution in [0.3, 0.4) is 0 Å². The molecule has 0 amide bonds. The smallest absolute Gasteiger partial charge is 0.332 e. The lowest BCUT2D eigenvalue weighted by molar-refractivity contribution is -0.160. The standard InChI is InChI=1S/C31H38BrN5O4/c1-21-10-11-24(30-22(2)34-41-23(30)3)18-28(21)36(15-8-7-9-17-39-20-29(38)40-31(4,5)6)25-12-13-27(26(32)19-25)37-16-14-33-35-37/h10-14,16,18-19H,7-9,15,17,20H2,1-6H3. The molecule has 9 nitrogen and oxygen atoms in total. The third-order valence-electron chi connectivity index (χ3n) is 6.54. The number of hydrogen-bond donors (Lipinski definition) is 0. The highest BCUT2D eigenvalue weighted by molar-refractivity contribution is 9.10. The summed E-state index contributed by atoms with van der Waals surface area (Å²) in [5.41, 5.74) is 6.71. The van der Waals surface area contributed by atoms with Gasteiger partial charge in [0, 0.05) is 34.6 Å². The van der Waals surface area contributed by atoms with Crippen LogP contribution in [-0.4, -0.2) is 51.5 Å². The highest BCUT2D eigenvalue weighted by Crippen LogP contribution is 2.37. The lowest BCUT2D eigenvalue weighted by Gasteiger charge is -2.28. The van der Waals surface area contributed by atoms with Crippen LogP contribution >= 0.6 is 15.9 Å². The van der Waals surface area contributed by atoms with Gasteiger partial charge < -0.3 is 18.9 Å². The Labute approximate surface area is 249 Å². The van der Waals surface area contributed by atoms with E-state index < -0.39 is 5.60 Å². The number of benzene rings is 2. The largest absolute Gasteiger partial charge is 0.458 e. The lowest BCUT2D eigenvalue weighted by atomic mass is 10.0. The molecule has 0 saturated carbocycles. The van der Waals surface area contributed by atoms with Crippen LogP contribution in [0.25, 0.3) is 16.8 Å². The molecule has 0 aliphatic rings. The minimum atomic E-state index is -0.507. The van der Waals surface area contributed by atoms with Crippen molar-refractivity contribution in [2.24, 2.45) is 0 Å². The van der Waals surface area contributed by atoms with Crippen LogP contribution in [0, 0.1) is 20.8 Å². The van der Waals surface area contributed by atoms with E-state index in [2.05, 4.69) is 73.6 Å². The second kappa shape index (κ2) is 13.4. The quantitative estimate of drug-likeness (QED) is 0.120. The van der Waals surface area contributed by atoms with E-state index in [4.69, 9.17) is 14.0 Å². The minimum absolute atomic E-state index is 0.0246. The lowest BCUT2D eigenvalue weighted by Crippen LogP contribution is -2.26. The number of anilines is 2. The molecule has 0 bridgehead atoms. The van der Waals surface area contributed by atoms with Gasteiger partial charge in [0.05, 0.1) is 23.8 Å². The first-order valence-corrected chi connectivity index (χ1v) is 14.6. The van der Waals surface area contributed by atoms with Gasteiger partial charge in [-0.05, 0) is 112 Å². The first-order valence-electron chi connectivity index (χ1n) is 13.8. The Morgan fingerprint density at radius 2 is 1.88 bits per heavy atom. The molecule has 0 fully saturated rings. The molecule has 2 aromatic carbocycles. The normalized spacial score (nSPS) is 11.6. The Morgan fingerprint density at radius 1 is 1.07 bits per heavy atom. The van der Waals surface area contributed by atoms with E-state index in [-0.39, 0.29) is 12.6 Å². The average Bonchev–Trinajstić information content (AvgIpc) is 3.55. The van der Waals surface area contributed by atoms with Gasteiger partial charge >= 0.3 is 5.97 Å². The van der Waals surface area contributed by atoms with Gasteiger partial charge in [-0.3, -0.25) is 0 Å². The second-order valence-corrected chi connectivity index (χ2v) is 11.9. The van der Waals surface area contributed by atoms with E-state index >= 15 is 0 Å².